The second-order valence-electron chi connectivity index (χ2n) is 2.74. The van der Waals surface area contributed by atoms with Crippen LogP contribution < -0.4 is 5.32 Å². The molecule has 0 saturated heterocycles. The van der Waals surface area contributed by atoms with E-state index in [4.69, 9.17) is 0 Å². The Morgan fingerprint density at radius 1 is 1.18 bits per heavy atom. The standard InChI is InChI=1S/C8H16N2.ClH/c1-9-8-6-4-2-3-5-7-10-8;/h2-7H2,1H3,(H,9,10);1H. The lowest BCUT2D eigenvalue weighted by molar-refractivity contribution is 0.637. The molecule has 0 aliphatic carbocycles. The van der Waals surface area contributed by atoms with Gasteiger partial charge >= 0.3 is 0 Å². The number of halogens is 1. The highest BCUT2D eigenvalue weighted by Crippen LogP contribution is 2.06. The van der Waals surface area contributed by atoms with Crippen LogP contribution in [-0.4, -0.2) is 19.4 Å². The van der Waals surface area contributed by atoms with Gasteiger partial charge in [0.25, 0.3) is 0 Å². The Morgan fingerprint density at radius 3 is 2.64 bits per heavy atom. The van der Waals surface area contributed by atoms with Crippen LogP contribution in [0.25, 0.3) is 0 Å². The van der Waals surface area contributed by atoms with Gasteiger partial charge in [0.1, 0.15) is 0 Å². The highest BCUT2D eigenvalue weighted by atomic mass is 35.5. The minimum Gasteiger partial charge on any atom is -0.377 e. The van der Waals surface area contributed by atoms with E-state index in [2.05, 4.69) is 10.3 Å². The molecule has 0 atom stereocenters. The van der Waals surface area contributed by atoms with E-state index >= 15 is 0 Å². The molecule has 0 unspecified atom stereocenters. The van der Waals surface area contributed by atoms with E-state index in [9.17, 15) is 0 Å². The molecular weight excluding hydrogens is 160 g/mol. The van der Waals surface area contributed by atoms with Gasteiger partial charge < -0.3 is 5.32 Å². The SMILES string of the molecule is CNC1=NCCCCCC1.Cl. The van der Waals surface area contributed by atoms with Gasteiger partial charge in [0, 0.05) is 20.0 Å². The minimum atomic E-state index is 0. The number of hydrogen-bond acceptors (Lipinski definition) is 2. The lowest BCUT2D eigenvalue weighted by atomic mass is 10.1. The summed E-state index contributed by atoms with van der Waals surface area (Å²) in [6.07, 6.45) is 6.46. The van der Waals surface area contributed by atoms with Crippen LogP contribution in [0.1, 0.15) is 32.1 Å². The Hall–Kier alpha value is -0.240. The fourth-order valence-corrected chi connectivity index (χ4v) is 1.25. The molecule has 0 spiro atoms. The lowest BCUT2D eigenvalue weighted by Crippen LogP contribution is -2.19. The summed E-state index contributed by atoms with van der Waals surface area (Å²) in [7, 11) is 1.96. The number of aliphatic imine (C=N–C) groups is 1. The zero-order chi connectivity index (χ0) is 7.23. The third-order valence-electron chi connectivity index (χ3n) is 1.91. The predicted octanol–water partition coefficient (Wildman–Crippen LogP) is 1.99. The smallest absolute Gasteiger partial charge is 0.0960 e. The molecule has 0 saturated carbocycles. The molecule has 0 aromatic carbocycles. The number of hydrogen-bond donors (Lipinski definition) is 1. The number of amidine groups is 1. The zero-order valence-electron chi connectivity index (χ0n) is 7.10. The molecule has 0 amide bonds. The van der Waals surface area contributed by atoms with Crippen LogP contribution in [-0.2, 0) is 0 Å². The van der Waals surface area contributed by atoms with Crippen LogP contribution in [0, 0.1) is 0 Å². The average molecular weight is 177 g/mol. The molecule has 0 aromatic rings. The van der Waals surface area contributed by atoms with Gasteiger partial charge in [-0.25, -0.2) is 0 Å². The molecule has 1 rings (SSSR count). The summed E-state index contributed by atoms with van der Waals surface area (Å²) >= 11 is 0. The van der Waals surface area contributed by atoms with Gasteiger partial charge in [-0.1, -0.05) is 12.8 Å². The molecule has 2 nitrogen and oxygen atoms in total. The first-order valence-corrected chi connectivity index (χ1v) is 4.14. The lowest BCUT2D eigenvalue weighted by Gasteiger charge is -2.08. The van der Waals surface area contributed by atoms with E-state index in [1.165, 1.54) is 31.5 Å². The molecule has 3 heteroatoms. The first kappa shape index (κ1) is 10.8. The monoisotopic (exact) mass is 176 g/mol. The minimum absolute atomic E-state index is 0. The van der Waals surface area contributed by atoms with Gasteiger partial charge in [0.15, 0.2) is 0 Å². The topological polar surface area (TPSA) is 24.4 Å². The fraction of sp³-hybridized carbons (Fsp3) is 0.875. The van der Waals surface area contributed by atoms with Crippen molar-refractivity contribution in [1.82, 2.24) is 5.32 Å². The highest BCUT2D eigenvalue weighted by molar-refractivity contribution is 5.85. The van der Waals surface area contributed by atoms with E-state index in [0.717, 1.165) is 13.0 Å². The van der Waals surface area contributed by atoms with Crippen molar-refractivity contribution in [3.8, 4) is 0 Å². The molecule has 66 valence electrons. The maximum atomic E-state index is 4.41. The van der Waals surface area contributed by atoms with E-state index in [1.54, 1.807) is 0 Å². The number of nitrogens with zero attached hydrogens (tertiary/aromatic N) is 1. The molecule has 0 fully saturated rings. The number of rotatable bonds is 0. The van der Waals surface area contributed by atoms with Crippen molar-refractivity contribution in [2.75, 3.05) is 13.6 Å². The largest absolute Gasteiger partial charge is 0.377 e. The third-order valence-corrected chi connectivity index (χ3v) is 1.91. The van der Waals surface area contributed by atoms with Crippen LogP contribution in [0.15, 0.2) is 4.99 Å². The fourth-order valence-electron chi connectivity index (χ4n) is 1.25. The second-order valence-corrected chi connectivity index (χ2v) is 2.74. The van der Waals surface area contributed by atoms with Crippen LogP contribution in [0.5, 0.6) is 0 Å². The Balaban J connectivity index is 0.000001000. The Labute approximate surface area is 74.9 Å². The van der Waals surface area contributed by atoms with Crippen molar-refractivity contribution in [3.63, 3.8) is 0 Å². The number of nitrogens with one attached hydrogen (secondary N) is 1. The predicted molar refractivity (Wildman–Crippen MR) is 51.7 cm³/mol. The van der Waals surface area contributed by atoms with E-state index < -0.39 is 0 Å². The second kappa shape index (κ2) is 6.47. The summed E-state index contributed by atoms with van der Waals surface area (Å²) in [4.78, 5) is 4.41. The van der Waals surface area contributed by atoms with Crippen LogP contribution >= 0.6 is 12.4 Å². The van der Waals surface area contributed by atoms with Gasteiger partial charge in [0.05, 0.1) is 5.84 Å². The first-order chi connectivity index (χ1) is 4.93. The Bertz CT molecular complexity index is 123. The summed E-state index contributed by atoms with van der Waals surface area (Å²) in [5.41, 5.74) is 0. The van der Waals surface area contributed by atoms with Crippen molar-refractivity contribution < 1.29 is 0 Å². The summed E-state index contributed by atoms with van der Waals surface area (Å²) in [5.74, 6) is 1.19. The third kappa shape index (κ3) is 4.25. The summed E-state index contributed by atoms with van der Waals surface area (Å²) in [6, 6.07) is 0. The van der Waals surface area contributed by atoms with Gasteiger partial charge in [-0.3, -0.25) is 4.99 Å². The molecule has 1 aliphatic heterocycles. The van der Waals surface area contributed by atoms with Crippen molar-refractivity contribution in [3.05, 3.63) is 0 Å². The quantitative estimate of drug-likeness (QED) is 0.600. The first-order valence-electron chi connectivity index (χ1n) is 4.14. The summed E-state index contributed by atoms with van der Waals surface area (Å²) in [6.45, 7) is 1.02. The molecule has 1 N–H and O–H groups in total. The molecule has 1 aliphatic rings. The van der Waals surface area contributed by atoms with E-state index in [1.807, 2.05) is 7.05 Å². The molecule has 1 heterocycles. The normalized spacial score (nSPS) is 18.8. The maximum absolute atomic E-state index is 4.41. The van der Waals surface area contributed by atoms with Crippen LogP contribution in [0.4, 0.5) is 0 Å². The summed E-state index contributed by atoms with van der Waals surface area (Å²) < 4.78 is 0. The molecule has 0 bridgehead atoms. The van der Waals surface area contributed by atoms with Crippen molar-refractivity contribution >= 4 is 18.2 Å². The van der Waals surface area contributed by atoms with Gasteiger partial charge in [-0.2, -0.15) is 0 Å². The average Bonchev–Trinajstić information content (AvgIpc) is 1.87. The van der Waals surface area contributed by atoms with Crippen LogP contribution in [0.2, 0.25) is 0 Å². The zero-order valence-corrected chi connectivity index (χ0v) is 7.91. The van der Waals surface area contributed by atoms with Gasteiger partial charge in [-0.05, 0) is 12.8 Å². The van der Waals surface area contributed by atoms with Gasteiger partial charge in [-0.15, -0.1) is 12.4 Å². The maximum Gasteiger partial charge on any atom is 0.0960 e. The van der Waals surface area contributed by atoms with Crippen LogP contribution in [0.3, 0.4) is 0 Å². The molecule has 11 heavy (non-hydrogen) atoms. The summed E-state index contributed by atoms with van der Waals surface area (Å²) in [5, 5.41) is 3.12. The van der Waals surface area contributed by atoms with E-state index in [0.29, 0.717) is 0 Å². The van der Waals surface area contributed by atoms with Crippen molar-refractivity contribution in [2.24, 2.45) is 4.99 Å². The Kier molecular flexibility index (Phi) is 6.33. The van der Waals surface area contributed by atoms with Crippen molar-refractivity contribution in [1.29, 1.82) is 0 Å². The molecular formula is C8H17ClN2. The molecule has 0 aromatic heterocycles. The Morgan fingerprint density at radius 2 is 1.91 bits per heavy atom. The van der Waals surface area contributed by atoms with Gasteiger partial charge in [0.2, 0.25) is 0 Å². The highest BCUT2D eigenvalue weighted by Gasteiger charge is 1.99. The van der Waals surface area contributed by atoms with Crippen molar-refractivity contribution in [2.45, 2.75) is 32.1 Å². The van der Waals surface area contributed by atoms with E-state index in [-0.39, 0.29) is 12.4 Å². The molecule has 0 radical (unpaired) electrons.